The molecule has 0 radical (unpaired) electrons. The number of aromatic nitrogens is 3. The van der Waals surface area contributed by atoms with E-state index >= 15 is 0 Å². The van der Waals surface area contributed by atoms with E-state index in [-0.39, 0.29) is 17.8 Å². The van der Waals surface area contributed by atoms with E-state index < -0.39 is 0 Å². The number of hydrogen-bond acceptors (Lipinski definition) is 5. The number of nitriles is 1. The van der Waals surface area contributed by atoms with Crippen LogP contribution in [0.5, 0.6) is 0 Å². The van der Waals surface area contributed by atoms with Gasteiger partial charge in [0.2, 0.25) is 5.91 Å². The molecule has 0 unspecified atom stereocenters. The van der Waals surface area contributed by atoms with E-state index in [0.29, 0.717) is 24.1 Å². The number of benzene rings is 1. The summed E-state index contributed by atoms with van der Waals surface area (Å²) in [6.07, 6.45) is 3.10. The molecule has 0 bridgehead atoms. The highest BCUT2D eigenvalue weighted by Gasteiger charge is 2.23. The Labute approximate surface area is 172 Å². The zero-order valence-corrected chi connectivity index (χ0v) is 17.0. The van der Waals surface area contributed by atoms with Crippen LogP contribution in [0.25, 0.3) is 5.65 Å². The van der Waals surface area contributed by atoms with E-state index in [0.717, 1.165) is 39.6 Å². The Bertz CT molecular complexity index is 1150. The first-order chi connectivity index (χ1) is 14.0. The fourth-order valence-electron chi connectivity index (χ4n) is 3.77. The summed E-state index contributed by atoms with van der Waals surface area (Å²) in [6.45, 7) is 3.80. The summed E-state index contributed by atoms with van der Waals surface area (Å²) in [5.74, 6) is 0.532. The van der Waals surface area contributed by atoms with Gasteiger partial charge >= 0.3 is 0 Å². The first-order valence-electron chi connectivity index (χ1n) is 9.43. The third-order valence-electron chi connectivity index (χ3n) is 5.28. The number of rotatable bonds is 4. The smallest absolute Gasteiger partial charge is 0.220 e. The molecule has 148 valence electrons. The minimum atomic E-state index is -0.285. The molecule has 3 heterocycles. The van der Waals surface area contributed by atoms with Crippen LogP contribution in [0.1, 0.15) is 47.0 Å². The van der Waals surface area contributed by atoms with Crippen molar-refractivity contribution in [1.82, 2.24) is 19.9 Å². The highest BCUT2D eigenvalue weighted by Crippen LogP contribution is 2.36. The number of fused-ring (bicyclic) bond motifs is 2. The lowest BCUT2D eigenvalue weighted by atomic mass is 10.0. The third kappa shape index (κ3) is 3.70. The highest BCUT2D eigenvalue weighted by atomic mass is 32.2. The lowest BCUT2D eigenvalue weighted by Crippen LogP contribution is -2.31. The van der Waals surface area contributed by atoms with Crippen molar-refractivity contribution in [3.63, 3.8) is 0 Å². The zero-order valence-electron chi connectivity index (χ0n) is 16.2. The van der Waals surface area contributed by atoms with Crippen LogP contribution in [-0.4, -0.2) is 26.3 Å². The number of carbonyl (C=O) groups excluding carboxylic acids is 1. The molecule has 1 aliphatic heterocycles. The predicted molar refractivity (Wildman–Crippen MR) is 108 cm³/mol. The van der Waals surface area contributed by atoms with Gasteiger partial charge in [-0.2, -0.15) is 10.4 Å². The molecule has 0 saturated heterocycles. The van der Waals surface area contributed by atoms with Crippen LogP contribution in [0.3, 0.4) is 0 Å². The van der Waals surface area contributed by atoms with E-state index in [4.69, 9.17) is 0 Å². The van der Waals surface area contributed by atoms with Gasteiger partial charge in [0, 0.05) is 28.5 Å². The molecular weight excluding hydrogens is 389 g/mol. The SMILES string of the molecule is Cc1nc2c(C#N)cnn2c(C)c1CCC(=O)N[C@@H]1CCSc2ccc(F)cc21. The fraction of sp³-hybridized carbons (Fsp3) is 0.333. The van der Waals surface area contributed by atoms with Crippen molar-refractivity contribution < 1.29 is 9.18 Å². The minimum Gasteiger partial charge on any atom is -0.349 e. The van der Waals surface area contributed by atoms with Gasteiger partial charge in [0.15, 0.2) is 5.65 Å². The molecule has 6 nitrogen and oxygen atoms in total. The quantitative estimate of drug-likeness (QED) is 0.711. The van der Waals surface area contributed by atoms with Crippen molar-refractivity contribution in [3.8, 4) is 6.07 Å². The summed E-state index contributed by atoms with van der Waals surface area (Å²) in [7, 11) is 0. The van der Waals surface area contributed by atoms with E-state index in [1.165, 1.54) is 18.3 Å². The van der Waals surface area contributed by atoms with Crippen LogP contribution < -0.4 is 5.32 Å². The minimum absolute atomic E-state index is 0.0748. The molecule has 1 N–H and O–H groups in total. The summed E-state index contributed by atoms with van der Waals surface area (Å²) in [5.41, 5.74) is 4.44. The van der Waals surface area contributed by atoms with Gasteiger partial charge in [0.1, 0.15) is 17.4 Å². The number of nitrogens with one attached hydrogen (secondary N) is 1. The Morgan fingerprint density at radius 3 is 3.07 bits per heavy atom. The molecule has 0 fully saturated rings. The second kappa shape index (κ2) is 7.84. The Morgan fingerprint density at radius 1 is 1.45 bits per heavy atom. The van der Waals surface area contributed by atoms with Gasteiger partial charge < -0.3 is 5.32 Å². The van der Waals surface area contributed by atoms with Gasteiger partial charge in [-0.05, 0) is 56.0 Å². The zero-order chi connectivity index (χ0) is 20.5. The van der Waals surface area contributed by atoms with Gasteiger partial charge in [-0.3, -0.25) is 4.79 Å². The molecule has 1 aromatic carbocycles. The molecule has 4 rings (SSSR count). The van der Waals surface area contributed by atoms with Crippen LogP contribution in [-0.2, 0) is 11.2 Å². The van der Waals surface area contributed by atoms with E-state index in [9.17, 15) is 14.4 Å². The Hall–Kier alpha value is -2.92. The number of halogens is 1. The lowest BCUT2D eigenvalue weighted by molar-refractivity contribution is -0.121. The first kappa shape index (κ1) is 19.4. The van der Waals surface area contributed by atoms with E-state index in [1.807, 2.05) is 13.8 Å². The molecule has 0 aliphatic carbocycles. The average Bonchev–Trinajstić information content (AvgIpc) is 3.11. The van der Waals surface area contributed by atoms with Crippen molar-refractivity contribution in [2.75, 3.05) is 5.75 Å². The topological polar surface area (TPSA) is 83.1 Å². The van der Waals surface area contributed by atoms with Crippen LogP contribution >= 0.6 is 11.8 Å². The van der Waals surface area contributed by atoms with Crippen LogP contribution in [0, 0.1) is 31.0 Å². The lowest BCUT2D eigenvalue weighted by Gasteiger charge is -2.26. The number of nitrogens with zero attached hydrogens (tertiary/aromatic N) is 4. The molecule has 0 saturated carbocycles. The Morgan fingerprint density at radius 2 is 2.28 bits per heavy atom. The molecule has 0 spiro atoms. The second-order valence-corrected chi connectivity index (χ2v) is 8.24. The predicted octanol–water partition coefficient (Wildman–Crippen LogP) is 3.64. The van der Waals surface area contributed by atoms with Gasteiger partial charge in [0.25, 0.3) is 0 Å². The van der Waals surface area contributed by atoms with Gasteiger partial charge in [-0.15, -0.1) is 11.8 Å². The molecule has 1 atom stereocenters. The maximum atomic E-state index is 13.7. The number of amides is 1. The van der Waals surface area contributed by atoms with Crippen LogP contribution in [0.2, 0.25) is 0 Å². The monoisotopic (exact) mass is 409 g/mol. The van der Waals surface area contributed by atoms with Crippen molar-refractivity contribution in [1.29, 1.82) is 5.26 Å². The summed E-state index contributed by atoms with van der Waals surface area (Å²) in [5, 5.41) is 16.5. The number of carbonyl (C=O) groups is 1. The summed E-state index contributed by atoms with van der Waals surface area (Å²) < 4.78 is 15.3. The summed E-state index contributed by atoms with van der Waals surface area (Å²) in [4.78, 5) is 18.1. The van der Waals surface area contributed by atoms with Crippen molar-refractivity contribution in [2.45, 2.75) is 44.0 Å². The Kier molecular flexibility index (Phi) is 5.24. The van der Waals surface area contributed by atoms with Gasteiger partial charge in [-0.1, -0.05) is 0 Å². The van der Waals surface area contributed by atoms with Crippen LogP contribution in [0.4, 0.5) is 4.39 Å². The summed E-state index contributed by atoms with van der Waals surface area (Å²) in [6, 6.07) is 6.68. The highest BCUT2D eigenvalue weighted by molar-refractivity contribution is 7.99. The van der Waals surface area contributed by atoms with Crippen molar-refractivity contribution in [2.24, 2.45) is 0 Å². The largest absolute Gasteiger partial charge is 0.349 e. The fourth-order valence-corrected chi connectivity index (χ4v) is 4.88. The molecular formula is C21H20FN5OS. The van der Waals surface area contributed by atoms with E-state index in [2.05, 4.69) is 21.5 Å². The molecule has 1 aliphatic rings. The number of aryl methyl sites for hydroxylation is 2. The van der Waals surface area contributed by atoms with Gasteiger partial charge in [0.05, 0.1) is 12.2 Å². The number of thioether (sulfide) groups is 1. The summed E-state index contributed by atoms with van der Waals surface area (Å²) >= 11 is 1.69. The Balaban J connectivity index is 1.49. The molecule has 8 heteroatoms. The normalized spacial score (nSPS) is 15.7. The molecule has 2 aromatic heterocycles. The maximum absolute atomic E-state index is 13.7. The molecule has 3 aromatic rings. The van der Waals surface area contributed by atoms with Crippen molar-refractivity contribution in [3.05, 3.63) is 58.3 Å². The average molecular weight is 409 g/mol. The third-order valence-corrected chi connectivity index (χ3v) is 6.40. The standard InChI is InChI=1S/C21H20FN5OS/c1-12-16(13(2)27-21(25-12)14(10-23)11-24-27)4-6-20(28)26-18-7-8-29-19-5-3-15(22)9-17(18)19/h3,5,9,11,18H,4,6-8H2,1-2H3,(H,26,28)/t18-/m1/s1. The van der Waals surface area contributed by atoms with Gasteiger partial charge in [-0.25, -0.2) is 13.9 Å². The molecule has 29 heavy (non-hydrogen) atoms. The number of hydrogen-bond donors (Lipinski definition) is 1. The van der Waals surface area contributed by atoms with Crippen LogP contribution in [0.15, 0.2) is 29.3 Å². The second-order valence-electron chi connectivity index (χ2n) is 7.11. The first-order valence-corrected chi connectivity index (χ1v) is 10.4. The molecule has 1 amide bonds. The van der Waals surface area contributed by atoms with E-state index in [1.54, 1.807) is 22.3 Å². The van der Waals surface area contributed by atoms with Crippen molar-refractivity contribution >= 4 is 23.3 Å². The maximum Gasteiger partial charge on any atom is 0.220 e.